The monoisotopic (exact) mass is 422 g/mol. The first-order valence-corrected chi connectivity index (χ1v) is 8.09. The van der Waals surface area contributed by atoms with Crippen molar-refractivity contribution in [3.63, 3.8) is 0 Å². The highest BCUT2D eigenvalue weighted by atomic mass is 127. The minimum Gasteiger partial charge on any atom is -0.463 e. The molecule has 118 valence electrons. The normalized spacial score (nSPS) is 10.5. The van der Waals surface area contributed by atoms with Crippen molar-refractivity contribution in [1.29, 1.82) is 0 Å². The molecule has 23 heavy (non-hydrogen) atoms. The fourth-order valence-corrected chi connectivity index (χ4v) is 2.33. The Balaban J connectivity index is 2.00. The van der Waals surface area contributed by atoms with Crippen molar-refractivity contribution >= 4 is 40.6 Å². The van der Waals surface area contributed by atoms with E-state index >= 15 is 0 Å². The van der Waals surface area contributed by atoms with E-state index in [1.165, 1.54) is 6.08 Å². The smallest absolute Gasteiger partial charge is 0.343 e. The third-order valence-electron chi connectivity index (χ3n) is 2.85. The fourth-order valence-electron chi connectivity index (χ4n) is 1.78. The number of ether oxygens (including phenoxy) is 2. The molecule has 0 saturated carbocycles. The summed E-state index contributed by atoms with van der Waals surface area (Å²) in [6.45, 7) is 2.10. The van der Waals surface area contributed by atoms with Crippen LogP contribution in [0.15, 0.2) is 54.6 Å². The molecule has 0 aliphatic heterocycles. The van der Waals surface area contributed by atoms with E-state index in [1.54, 1.807) is 49.4 Å². The highest BCUT2D eigenvalue weighted by Crippen LogP contribution is 2.16. The Kier molecular flexibility index (Phi) is 6.34. The molecule has 0 heterocycles. The maximum Gasteiger partial charge on any atom is 0.343 e. The van der Waals surface area contributed by atoms with E-state index in [0.29, 0.717) is 17.9 Å². The lowest BCUT2D eigenvalue weighted by Crippen LogP contribution is -2.08. The van der Waals surface area contributed by atoms with Crippen LogP contribution < -0.4 is 4.74 Å². The lowest BCUT2D eigenvalue weighted by atomic mass is 10.2. The van der Waals surface area contributed by atoms with Gasteiger partial charge in [-0.25, -0.2) is 9.59 Å². The van der Waals surface area contributed by atoms with Crippen LogP contribution in [-0.4, -0.2) is 18.5 Å². The zero-order valence-corrected chi connectivity index (χ0v) is 14.6. The van der Waals surface area contributed by atoms with Crippen LogP contribution in [0.3, 0.4) is 0 Å². The van der Waals surface area contributed by atoms with Crippen LogP contribution in [0, 0.1) is 3.57 Å². The third kappa shape index (κ3) is 5.52. The summed E-state index contributed by atoms with van der Waals surface area (Å²) in [4.78, 5) is 23.3. The van der Waals surface area contributed by atoms with E-state index < -0.39 is 5.97 Å². The molecule has 0 atom stereocenters. The second-order valence-corrected chi connectivity index (χ2v) is 5.80. The van der Waals surface area contributed by atoms with Gasteiger partial charge < -0.3 is 9.47 Å². The summed E-state index contributed by atoms with van der Waals surface area (Å²) in [5.74, 6) is -0.345. The number of halogens is 1. The van der Waals surface area contributed by atoms with Gasteiger partial charge in [-0.05, 0) is 71.5 Å². The first kappa shape index (κ1) is 17.2. The zero-order valence-electron chi connectivity index (χ0n) is 12.5. The second-order valence-electron chi connectivity index (χ2n) is 4.55. The Morgan fingerprint density at radius 2 is 1.87 bits per heavy atom. The van der Waals surface area contributed by atoms with Crippen molar-refractivity contribution in [1.82, 2.24) is 0 Å². The number of carbonyl (C=O) groups is 2. The summed E-state index contributed by atoms with van der Waals surface area (Å²) in [6, 6.07) is 14.1. The molecular formula is C18H15IO4. The number of esters is 2. The first-order valence-electron chi connectivity index (χ1n) is 7.01. The highest BCUT2D eigenvalue weighted by molar-refractivity contribution is 14.1. The van der Waals surface area contributed by atoms with E-state index in [-0.39, 0.29) is 5.97 Å². The van der Waals surface area contributed by atoms with Crippen LogP contribution in [0.25, 0.3) is 6.08 Å². The van der Waals surface area contributed by atoms with Crippen molar-refractivity contribution in [2.45, 2.75) is 6.92 Å². The topological polar surface area (TPSA) is 52.6 Å². The van der Waals surface area contributed by atoms with Crippen LogP contribution >= 0.6 is 22.6 Å². The van der Waals surface area contributed by atoms with Crippen LogP contribution in [-0.2, 0) is 9.53 Å². The summed E-state index contributed by atoms with van der Waals surface area (Å²) < 4.78 is 11.1. The molecule has 0 aromatic heterocycles. The van der Waals surface area contributed by atoms with E-state index in [1.807, 2.05) is 12.1 Å². The maximum atomic E-state index is 12.0. The van der Waals surface area contributed by atoms with E-state index in [4.69, 9.17) is 9.47 Å². The van der Waals surface area contributed by atoms with Gasteiger partial charge in [0.25, 0.3) is 0 Å². The largest absolute Gasteiger partial charge is 0.463 e. The summed E-state index contributed by atoms with van der Waals surface area (Å²) in [5.41, 5.74) is 1.32. The number of rotatable bonds is 5. The molecule has 2 rings (SSSR count). The molecule has 2 aromatic carbocycles. The van der Waals surface area contributed by atoms with Gasteiger partial charge in [0.2, 0.25) is 0 Å². The first-order chi connectivity index (χ1) is 11.1. The number of carbonyl (C=O) groups excluding carboxylic acids is 2. The molecule has 2 aromatic rings. The van der Waals surface area contributed by atoms with Crippen LogP contribution in [0.2, 0.25) is 0 Å². The molecule has 5 heteroatoms. The number of benzene rings is 2. The second kappa shape index (κ2) is 8.47. The molecule has 0 aliphatic carbocycles. The van der Waals surface area contributed by atoms with Gasteiger partial charge in [0.1, 0.15) is 5.75 Å². The molecular weight excluding hydrogens is 407 g/mol. The lowest BCUT2D eigenvalue weighted by molar-refractivity contribution is -0.137. The van der Waals surface area contributed by atoms with Gasteiger partial charge in [-0.2, -0.15) is 0 Å². The van der Waals surface area contributed by atoms with Gasteiger partial charge in [-0.15, -0.1) is 0 Å². The van der Waals surface area contributed by atoms with E-state index in [0.717, 1.165) is 9.13 Å². The predicted octanol–water partition coefficient (Wildman–Crippen LogP) is 4.09. The van der Waals surface area contributed by atoms with Crippen molar-refractivity contribution in [3.05, 3.63) is 69.3 Å². The molecule has 0 N–H and O–H groups in total. The number of hydrogen-bond acceptors (Lipinski definition) is 4. The molecule has 0 saturated heterocycles. The average Bonchev–Trinajstić information content (AvgIpc) is 2.54. The van der Waals surface area contributed by atoms with Crippen molar-refractivity contribution < 1.29 is 19.1 Å². The molecule has 0 aliphatic rings. The summed E-state index contributed by atoms with van der Waals surface area (Å²) in [6.07, 6.45) is 3.00. The average molecular weight is 422 g/mol. The predicted molar refractivity (Wildman–Crippen MR) is 96.2 cm³/mol. The Morgan fingerprint density at radius 1 is 1.13 bits per heavy atom. The molecule has 0 unspecified atom stereocenters. The van der Waals surface area contributed by atoms with Gasteiger partial charge in [-0.3, -0.25) is 0 Å². The Labute approximate surface area is 148 Å². The third-order valence-corrected chi connectivity index (χ3v) is 3.52. The van der Waals surface area contributed by atoms with Gasteiger partial charge in [0.05, 0.1) is 12.2 Å². The SMILES string of the molecule is CCOC(=O)/C=C/c1ccc(OC(=O)c2cccc(I)c2)cc1. The Morgan fingerprint density at radius 3 is 2.52 bits per heavy atom. The molecule has 0 spiro atoms. The van der Waals surface area contributed by atoms with Gasteiger partial charge in [0.15, 0.2) is 0 Å². The molecule has 0 fully saturated rings. The molecule has 4 nitrogen and oxygen atoms in total. The standard InChI is InChI=1S/C18H15IO4/c1-2-22-17(20)11-8-13-6-9-16(10-7-13)23-18(21)14-4-3-5-15(19)12-14/h3-12H,2H2,1H3/b11-8+. The molecule has 0 bridgehead atoms. The van der Waals surface area contributed by atoms with Gasteiger partial charge in [0, 0.05) is 9.65 Å². The van der Waals surface area contributed by atoms with Crippen molar-refractivity contribution in [3.8, 4) is 5.75 Å². The Bertz CT molecular complexity index is 720. The molecule has 0 amide bonds. The van der Waals surface area contributed by atoms with E-state index in [9.17, 15) is 9.59 Å². The fraction of sp³-hybridized carbons (Fsp3) is 0.111. The van der Waals surface area contributed by atoms with Gasteiger partial charge in [-0.1, -0.05) is 18.2 Å². The maximum absolute atomic E-state index is 12.0. The quantitative estimate of drug-likeness (QED) is 0.315. The van der Waals surface area contributed by atoms with Gasteiger partial charge >= 0.3 is 11.9 Å². The van der Waals surface area contributed by atoms with Crippen LogP contribution in [0.5, 0.6) is 5.75 Å². The van der Waals surface area contributed by atoms with E-state index in [2.05, 4.69) is 22.6 Å². The minimum atomic E-state index is -0.404. The number of hydrogen-bond donors (Lipinski definition) is 0. The molecule has 0 radical (unpaired) electrons. The Hall–Kier alpha value is -2.15. The minimum absolute atomic E-state index is 0.344. The summed E-state index contributed by atoms with van der Waals surface area (Å²) in [5, 5.41) is 0. The van der Waals surface area contributed by atoms with Crippen molar-refractivity contribution in [2.75, 3.05) is 6.61 Å². The van der Waals surface area contributed by atoms with Crippen LogP contribution in [0.1, 0.15) is 22.8 Å². The summed E-state index contributed by atoms with van der Waals surface area (Å²) in [7, 11) is 0. The lowest BCUT2D eigenvalue weighted by Gasteiger charge is -2.05. The summed E-state index contributed by atoms with van der Waals surface area (Å²) >= 11 is 2.14. The highest BCUT2D eigenvalue weighted by Gasteiger charge is 2.08. The van der Waals surface area contributed by atoms with Crippen molar-refractivity contribution in [2.24, 2.45) is 0 Å². The van der Waals surface area contributed by atoms with Crippen LogP contribution in [0.4, 0.5) is 0 Å². The zero-order chi connectivity index (χ0) is 16.7.